The van der Waals surface area contributed by atoms with Crippen molar-refractivity contribution in [3.63, 3.8) is 0 Å². The first-order valence-electron chi connectivity index (χ1n) is 5.39. The van der Waals surface area contributed by atoms with Crippen LogP contribution in [-0.4, -0.2) is 52.9 Å². The lowest BCUT2D eigenvalue weighted by Crippen LogP contribution is -2.48. The van der Waals surface area contributed by atoms with Crippen molar-refractivity contribution in [1.29, 1.82) is 0 Å². The van der Waals surface area contributed by atoms with Crippen LogP contribution < -0.4 is 5.73 Å². The number of morpholine rings is 1. The molecule has 0 saturated carbocycles. The van der Waals surface area contributed by atoms with E-state index in [1.54, 1.807) is 0 Å². The van der Waals surface area contributed by atoms with E-state index in [2.05, 4.69) is 14.9 Å². The maximum atomic E-state index is 12.5. The van der Waals surface area contributed by atoms with Crippen LogP contribution in [0.1, 0.15) is 16.5 Å². The van der Waals surface area contributed by atoms with E-state index in [1.165, 1.54) is 4.90 Å². The van der Waals surface area contributed by atoms with Gasteiger partial charge in [-0.05, 0) is 0 Å². The van der Waals surface area contributed by atoms with Gasteiger partial charge in [0.1, 0.15) is 0 Å². The summed E-state index contributed by atoms with van der Waals surface area (Å²) < 4.78 is 46.9. The van der Waals surface area contributed by atoms with Crippen molar-refractivity contribution >= 4 is 5.91 Å². The molecule has 0 aromatic carbocycles. The largest absolute Gasteiger partial charge is 0.415 e. The smallest absolute Gasteiger partial charge is 0.366 e. The van der Waals surface area contributed by atoms with Crippen LogP contribution in [0.5, 0.6) is 0 Å². The fraction of sp³-hybridized carbons (Fsp3) is 0.667. The summed E-state index contributed by atoms with van der Waals surface area (Å²) in [6.07, 6.45) is -6.24. The second-order valence-corrected chi connectivity index (χ2v) is 4.01. The predicted octanol–water partition coefficient (Wildman–Crippen LogP) is -0.0684. The molecule has 1 aliphatic heterocycles. The lowest BCUT2D eigenvalue weighted by Gasteiger charge is -2.32. The second-order valence-electron chi connectivity index (χ2n) is 4.01. The van der Waals surface area contributed by atoms with E-state index in [4.69, 9.17) is 10.3 Å². The third-order valence-corrected chi connectivity index (χ3v) is 2.56. The maximum Gasteiger partial charge on any atom is 0.415 e. The van der Waals surface area contributed by atoms with Crippen molar-refractivity contribution in [1.82, 2.24) is 15.0 Å². The summed E-state index contributed by atoms with van der Waals surface area (Å²) in [5.41, 5.74) is 4.93. The van der Waals surface area contributed by atoms with Crippen LogP contribution in [0.3, 0.4) is 0 Å². The number of hydrogen-bond donors (Lipinski definition) is 1. The summed E-state index contributed by atoms with van der Waals surface area (Å²) in [6.45, 7) is -0.0458. The highest BCUT2D eigenvalue weighted by Gasteiger charge is 2.43. The van der Waals surface area contributed by atoms with Crippen molar-refractivity contribution in [2.75, 3.05) is 19.7 Å². The Morgan fingerprint density at radius 2 is 2.26 bits per heavy atom. The molecule has 2 N–H and O–H groups in total. The summed E-state index contributed by atoms with van der Waals surface area (Å²) in [7, 11) is 0. The number of carbonyl (C=O) groups is 1. The molecular formula is C9H11F3N4O3. The molecule has 0 aliphatic carbocycles. The molecule has 0 radical (unpaired) electrons. The number of amides is 1. The van der Waals surface area contributed by atoms with Crippen LogP contribution in [0, 0.1) is 0 Å². The van der Waals surface area contributed by atoms with Gasteiger partial charge >= 0.3 is 6.18 Å². The molecule has 1 amide bonds. The third-order valence-electron chi connectivity index (χ3n) is 2.56. The number of carbonyl (C=O) groups excluding carboxylic acids is 1. The molecule has 0 spiro atoms. The average Bonchev–Trinajstić information content (AvgIpc) is 2.77. The van der Waals surface area contributed by atoms with Gasteiger partial charge in [0.2, 0.25) is 5.89 Å². The Labute approximate surface area is 105 Å². The summed E-state index contributed by atoms with van der Waals surface area (Å²) >= 11 is 0. The van der Waals surface area contributed by atoms with Gasteiger partial charge < -0.3 is 15.0 Å². The number of alkyl halides is 3. The van der Waals surface area contributed by atoms with Crippen LogP contribution in [0.15, 0.2) is 4.52 Å². The molecule has 10 heteroatoms. The van der Waals surface area contributed by atoms with Crippen molar-refractivity contribution in [2.24, 2.45) is 5.73 Å². The first-order chi connectivity index (χ1) is 8.86. The fourth-order valence-electron chi connectivity index (χ4n) is 1.65. The van der Waals surface area contributed by atoms with Gasteiger partial charge in [-0.1, -0.05) is 5.16 Å². The molecule has 1 aliphatic rings. The summed E-state index contributed by atoms with van der Waals surface area (Å²) in [4.78, 5) is 15.9. The number of nitrogens with zero attached hydrogens (tertiary/aromatic N) is 3. The van der Waals surface area contributed by atoms with Crippen LogP contribution >= 0.6 is 0 Å². The molecule has 106 valence electrons. The zero-order valence-corrected chi connectivity index (χ0v) is 9.68. The maximum absolute atomic E-state index is 12.5. The van der Waals surface area contributed by atoms with Crippen molar-refractivity contribution in [2.45, 2.75) is 18.8 Å². The molecule has 1 aromatic rings. The second kappa shape index (κ2) is 5.13. The van der Waals surface area contributed by atoms with Gasteiger partial charge in [0, 0.05) is 13.1 Å². The van der Waals surface area contributed by atoms with Gasteiger partial charge in [0.05, 0.1) is 13.2 Å². The molecule has 2 rings (SSSR count). The molecule has 2 heterocycles. The summed E-state index contributed by atoms with van der Waals surface area (Å²) in [5.74, 6) is -1.11. The number of halogens is 3. The first-order valence-corrected chi connectivity index (χ1v) is 5.39. The highest BCUT2D eigenvalue weighted by molar-refractivity contribution is 5.88. The van der Waals surface area contributed by atoms with E-state index in [0.717, 1.165) is 0 Å². The van der Waals surface area contributed by atoms with Crippen molar-refractivity contribution in [3.05, 3.63) is 11.7 Å². The van der Waals surface area contributed by atoms with Gasteiger partial charge in [-0.2, -0.15) is 18.2 Å². The molecule has 1 aromatic heterocycles. The van der Waals surface area contributed by atoms with Crippen LogP contribution in [0.25, 0.3) is 0 Å². The van der Waals surface area contributed by atoms with Gasteiger partial charge in [-0.25, -0.2) is 0 Å². The normalized spacial score (nSPS) is 21.5. The Balaban J connectivity index is 1.96. The van der Waals surface area contributed by atoms with E-state index in [9.17, 15) is 18.0 Å². The molecule has 0 bridgehead atoms. The average molecular weight is 280 g/mol. The minimum atomic E-state index is -4.41. The topological polar surface area (TPSA) is 94.5 Å². The summed E-state index contributed by atoms with van der Waals surface area (Å²) in [6, 6.07) is 0. The minimum Gasteiger partial charge on any atom is -0.366 e. The van der Waals surface area contributed by atoms with E-state index in [1.807, 2.05) is 0 Å². The molecule has 1 saturated heterocycles. The number of aromatic nitrogens is 2. The third kappa shape index (κ3) is 3.41. The number of ether oxygens (including phenoxy) is 1. The lowest BCUT2D eigenvalue weighted by molar-refractivity contribution is -0.238. The van der Waals surface area contributed by atoms with E-state index < -0.39 is 18.2 Å². The Bertz CT molecular complexity index is 462. The molecular weight excluding hydrogens is 269 g/mol. The molecule has 19 heavy (non-hydrogen) atoms. The van der Waals surface area contributed by atoms with Gasteiger partial charge in [-0.15, -0.1) is 0 Å². The zero-order chi connectivity index (χ0) is 14.0. The highest BCUT2D eigenvalue weighted by atomic mass is 19.4. The quantitative estimate of drug-likeness (QED) is 0.833. The van der Waals surface area contributed by atoms with Crippen LogP contribution in [0.2, 0.25) is 0 Å². The Hall–Kier alpha value is -1.68. The van der Waals surface area contributed by atoms with Crippen LogP contribution in [-0.2, 0) is 11.3 Å². The van der Waals surface area contributed by atoms with Gasteiger partial charge in [0.25, 0.3) is 11.7 Å². The number of primary amides is 1. The minimum absolute atomic E-state index is 0.0101. The van der Waals surface area contributed by atoms with Gasteiger partial charge in [0.15, 0.2) is 6.10 Å². The Kier molecular flexibility index (Phi) is 3.71. The predicted molar refractivity (Wildman–Crippen MR) is 53.9 cm³/mol. The van der Waals surface area contributed by atoms with Crippen LogP contribution in [0.4, 0.5) is 13.2 Å². The van der Waals surface area contributed by atoms with E-state index in [0.29, 0.717) is 6.54 Å². The lowest BCUT2D eigenvalue weighted by atomic mass is 10.2. The fourth-order valence-corrected chi connectivity index (χ4v) is 1.65. The zero-order valence-electron chi connectivity index (χ0n) is 9.68. The Morgan fingerprint density at radius 1 is 1.53 bits per heavy atom. The monoisotopic (exact) mass is 280 g/mol. The molecule has 1 atom stereocenters. The molecule has 7 nitrogen and oxygen atoms in total. The highest BCUT2D eigenvalue weighted by Crippen LogP contribution is 2.26. The first kappa shape index (κ1) is 13.7. The van der Waals surface area contributed by atoms with Crippen molar-refractivity contribution in [3.8, 4) is 0 Å². The summed E-state index contributed by atoms with van der Waals surface area (Å²) in [5, 5.41) is 3.31. The van der Waals surface area contributed by atoms with Gasteiger partial charge in [-0.3, -0.25) is 9.69 Å². The Morgan fingerprint density at radius 3 is 2.84 bits per heavy atom. The standard InChI is InChI=1S/C9H11F3N4O3/c10-9(11,12)5-3-16(1-2-18-5)4-6-14-8(7(13)17)15-19-6/h5H,1-4H2,(H2,13,17). The molecule has 1 unspecified atom stereocenters. The van der Waals surface area contributed by atoms with E-state index >= 15 is 0 Å². The number of hydrogen-bond acceptors (Lipinski definition) is 6. The van der Waals surface area contributed by atoms with Crippen molar-refractivity contribution < 1.29 is 27.2 Å². The molecule has 1 fully saturated rings. The number of rotatable bonds is 3. The van der Waals surface area contributed by atoms with E-state index in [-0.39, 0.29) is 31.4 Å². The SMILES string of the molecule is NC(=O)c1noc(CN2CCOC(C(F)(F)F)C2)n1. The number of nitrogens with two attached hydrogens (primary N) is 1.